The van der Waals surface area contributed by atoms with Gasteiger partial charge in [-0.25, -0.2) is 13.1 Å². The van der Waals surface area contributed by atoms with Gasteiger partial charge in [0.15, 0.2) is 0 Å². The summed E-state index contributed by atoms with van der Waals surface area (Å²) in [5.41, 5.74) is 1.17. The average Bonchev–Trinajstić information content (AvgIpc) is 2.74. The van der Waals surface area contributed by atoms with Gasteiger partial charge in [-0.1, -0.05) is 11.6 Å². The van der Waals surface area contributed by atoms with Gasteiger partial charge in [0, 0.05) is 50.0 Å². The van der Waals surface area contributed by atoms with E-state index in [2.05, 4.69) is 26.7 Å². The Hall–Kier alpha value is -2.00. The van der Waals surface area contributed by atoms with Gasteiger partial charge in [0.05, 0.1) is 14.2 Å². The fourth-order valence-corrected chi connectivity index (χ4v) is 4.75. The molecule has 2 aromatic rings. The highest BCUT2D eigenvalue weighted by atomic mass is 35.5. The Labute approximate surface area is 177 Å². The Morgan fingerprint density at radius 2 is 1.69 bits per heavy atom. The molecule has 0 aromatic heterocycles. The van der Waals surface area contributed by atoms with Crippen molar-refractivity contribution < 1.29 is 17.9 Å². The largest absolute Gasteiger partial charge is 0.497 e. The summed E-state index contributed by atoms with van der Waals surface area (Å²) in [7, 11) is -0.603. The van der Waals surface area contributed by atoms with Crippen molar-refractivity contribution in [2.75, 3.05) is 58.4 Å². The Bertz CT molecular complexity index is 914. The van der Waals surface area contributed by atoms with E-state index in [0.717, 1.165) is 31.9 Å². The molecule has 1 fully saturated rings. The number of ether oxygens (including phenoxy) is 2. The number of hydrogen-bond donors (Lipinski definition) is 1. The summed E-state index contributed by atoms with van der Waals surface area (Å²) in [6.45, 7) is 4.48. The number of benzene rings is 2. The number of nitrogens with one attached hydrogen (secondary N) is 1. The van der Waals surface area contributed by atoms with Crippen molar-refractivity contribution >= 4 is 27.3 Å². The maximum atomic E-state index is 12.6. The van der Waals surface area contributed by atoms with Crippen LogP contribution in [0.3, 0.4) is 0 Å². The summed E-state index contributed by atoms with van der Waals surface area (Å²) < 4.78 is 38.2. The predicted octanol–water partition coefficient (Wildman–Crippen LogP) is 2.46. The van der Waals surface area contributed by atoms with Gasteiger partial charge in [0.1, 0.15) is 16.4 Å². The van der Waals surface area contributed by atoms with Crippen LogP contribution in [0.5, 0.6) is 11.5 Å². The van der Waals surface area contributed by atoms with E-state index in [1.807, 2.05) is 12.1 Å². The molecule has 0 aliphatic carbocycles. The maximum Gasteiger partial charge on any atom is 0.244 e. The highest BCUT2D eigenvalue weighted by Gasteiger charge is 2.21. The Kier molecular flexibility index (Phi) is 7.23. The van der Waals surface area contributed by atoms with E-state index in [4.69, 9.17) is 21.1 Å². The zero-order chi connectivity index (χ0) is 20.9. The minimum absolute atomic E-state index is 0.0526. The molecule has 0 saturated carbocycles. The molecule has 1 aliphatic heterocycles. The number of nitrogens with zero attached hydrogens (tertiary/aromatic N) is 2. The Morgan fingerprint density at radius 3 is 2.31 bits per heavy atom. The molecule has 1 saturated heterocycles. The van der Waals surface area contributed by atoms with Gasteiger partial charge in [0.25, 0.3) is 0 Å². The van der Waals surface area contributed by atoms with Gasteiger partial charge in [-0.2, -0.15) is 0 Å². The van der Waals surface area contributed by atoms with Gasteiger partial charge in [0.2, 0.25) is 10.0 Å². The highest BCUT2D eigenvalue weighted by molar-refractivity contribution is 7.89. The van der Waals surface area contributed by atoms with Crippen molar-refractivity contribution in [2.45, 2.75) is 4.90 Å². The maximum absolute atomic E-state index is 12.6. The first kappa shape index (κ1) is 21.7. The summed E-state index contributed by atoms with van der Waals surface area (Å²) in [6, 6.07) is 12.6. The van der Waals surface area contributed by atoms with Crippen LogP contribution in [0.2, 0.25) is 5.02 Å². The zero-order valence-electron chi connectivity index (χ0n) is 16.6. The Morgan fingerprint density at radius 1 is 1.00 bits per heavy atom. The van der Waals surface area contributed by atoms with Gasteiger partial charge in [-0.15, -0.1) is 0 Å². The van der Waals surface area contributed by atoms with Crippen LogP contribution in [0.25, 0.3) is 0 Å². The molecule has 0 unspecified atom stereocenters. The van der Waals surface area contributed by atoms with Crippen molar-refractivity contribution in [1.29, 1.82) is 0 Å². The molecule has 3 rings (SSSR count). The number of methoxy groups -OCH3 is 2. The van der Waals surface area contributed by atoms with Gasteiger partial charge in [-0.05, 0) is 42.5 Å². The number of anilines is 1. The van der Waals surface area contributed by atoms with Crippen molar-refractivity contribution in [3.63, 3.8) is 0 Å². The first-order chi connectivity index (χ1) is 13.9. The molecule has 1 N–H and O–H groups in total. The lowest BCUT2D eigenvalue weighted by Gasteiger charge is -2.36. The molecule has 0 atom stereocenters. The van der Waals surface area contributed by atoms with E-state index >= 15 is 0 Å². The van der Waals surface area contributed by atoms with E-state index in [-0.39, 0.29) is 10.6 Å². The van der Waals surface area contributed by atoms with Gasteiger partial charge >= 0.3 is 0 Å². The quantitative estimate of drug-likeness (QED) is 0.681. The summed E-state index contributed by atoms with van der Waals surface area (Å²) in [5, 5.41) is 0.348. The Balaban J connectivity index is 1.50. The normalized spacial score (nSPS) is 15.3. The van der Waals surface area contributed by atoms with Crippen LogP contribution < -0.4 is 19.1 Å². The summed E-state index contributed by atoms with van der Waals surface area (Å²) in [4.78, 5) is 4.62. The van der Waals surface area contributed by atoms with E-state index in [0.29, 0.717) is 18.1 Å². The molecule has 0 spiro atoms. The average molecular weight is 440 g/mol. The van der Waals surface area contributed by atoms with Crippen LogP contribution in [-0.2, 0) is 10.0 Å². The van der Waals surface area contributed by atoms with Crippen molar-refractivity contribution in [1.82, 2.24) is 9.62 Å². The van der Waals surface area contributed by atoms with Crippen LogP contribution in [0, 0.1) is 0 Å². The van der Waals surface area contributed by atoms with Crippen molar-refractivity contribution in [3.8, 4) is 11.5 Å². The van der Waals surface area contributed by atoms with Crippen LogP contribution in [0.1, 0.15) is 0 Å². The monoisotopic (exact) mass is 439 g/mol. The van der Waals surface area contributed by atoms with E-state index in [1.165, 1.54) is 18.9 Å². The van der Waals surface area contributed by atoms with Crippen LogP contribution in [0.15, 0.2) is 47.4 Å². The fraction of sp³-hybridized carbons (Fsp3) is 0.400. The molecule has 29 heavy (non-hydrogen) atoms. The first-order valence-electron chi connectivity index (χ1n) is 9.37. The third-order valence-electron chi connectivity index (χ3n) is 4.95. The minimum atomic E-state index is -3.70. The van der Waals surface area contributed by atoms with Crippen LogP contribution >= 0.6 is 11.6 Å². The molecule has 1 heterocycles. The molecule has 158 valence electrons. The van der Waals surface area contributed by atoms with Crippen LogP contribution in [-0.4, -0.2) is 66.8 Å². The molecule has 9 heteroatoms. The molecule has 0 bridgehead atoms. The topological polar surface area (TPSA) is 71.1 Å². The number of piperazine rings is 1. The summed E-state index contributed by atoms with van der Waals surface area (Å²) in [5.74, 6) is 1.12. The van der Waals surface area contributed by atoms with E-state index in [9.17, 15) is 8.42 Å². The predicted molar refractivity (Wildman–Crippen MR) is 115 cm³/mol. The SMILES string of the molecule is COc1ccc(N2CCN(CCNS(=O)(=O)c3cc(Cl)ccc3OC)CC2)cc1. The minimum Gasteiger partial charge on any atom is -0.497 e. The van der Waals surface area contributed by atoms with Crippen molar-refractivity contribution in [3.05, 3.63) is 47.5 Å². The van der Waals surface area contributed by atoms with Gasteiger partial charge in [-0.3, -0.25) is 4.90 Å². The molecule has 2 aromatic carbocycles. The number of hydrogen-bond acceptors (Lipinski definition) is 6. The molecular formula is C20H26ClN3O4S. The van der Waals surface area contributed by atoms with Crippen LogP contribution in [0.4, 0.5) is 5.69 Å². The summed E-state index contributed by atoms with van der Waals surface area (Å²) in [6.07, 6.45) is 0. The third kappa shape index (κ3) is 5.54. The molecule has 0 amide bonds. The second-order valence-electron chi connectivity index (χ2n) is 6.72. The lowest BCUT2D eigenvalue weighted by Crippen LogP contribution is -2.48. The smallest absolute Gasteiger partial charge is 0.244 e. The molecule has 7 nitrogen and oxygen atoms in total. The zero-order valence-corrected chi connectivity index (χ0v) is 18.2. The van der Waals surface area contributed by atoms with E-state index < -0.39 is 10.0 Å². The number of rotatable bonds is 8. The lowest BCUT2D eigenvalue weighted by molar-refractivity contribution is 0.262. The van der Waals surface area contributed by atoms with Crippen molar-refractivity contribution in [2.24, 2.45) is 0 Å². The second-order valence-corrected chi connectivity index (χ2v) is 8.89. The van der Waals surface area contributed by atoms with Gasteiger partial charge < -0.3 is 14.4 Å². The lowest BCUT2D eigenvalue weighted by atomic mass is 10.2. The third-order valence-corrected chi connectivity index (χ3v) is 6.66. The number of halogens is 1. The highest BCUT2D eigenvalue weighted by Crippen LogP contribution is 2.26. The summed E-state index contributed by atoms with van der Waals surface area (Å²) >= 11 is 5.95. The fourth-order valence-electron chi connectivity index (χ4n) is 3.30. The molecule has 1 aliphatic rings. The first-order valence-corrected chi connectivity index (χ1v) is 11.2. The van der Waals surface area contributed by atoms with E-state index in [1.54, 1.807) is 19.2 Å². The second kappa shape index (κ2) is 9.67. The molecular weight excluding hydrogens is 414 g/mol. The number of sulfonamides is 1. The molecule has 0 radical (unpaired) electrons. The standard InChI is InChI=1S/C20H26ClN3O4S/c1-27-18-6-4-17(5-7-18)24-13-11-23(12-14-24)10-9-22-29(25,26)20-15-16(21)3-8-19(20)28-2/h3-8,15,22H,9-14H2,1-2H3.